The van der Waals surface area contributed by atoms with Crippen LogP contribution in [0.2, 0.25) is 0 Å². The second kappa shape index (κ2) is 6.57. The molecule has 0 bridgehead atoms. The number of halogens is 1. The normalized spacial score (nSPS) is 14.1. The summed E-state index contributed by atoms with van der Waals surface area (Å²) in [6, 6.07) is 11.1. The van der Waals surface area contributed by atoms with Gasteiger partial charge in [0.1, 0.15) is 5.38 Å². The molecule has 19 heavy (non-hydrogen) atoms. The van der Waals surface area contributed by atoms with Gasteiger partial charge in [0.15, 0.2) is 0 Å². The van der Waals surface area contributed by atoms with Crippen LogP contribution < -0.4 is 5.32 Å². The van der Waals surface area contributed by atoms with Crippen LogP contribution in [-0.4, -0.2) is 16.2 Å². The molecule has 0 aliphatic carbocycles. The van der Waals surface area contributed by atoms with Crippen LogP contribution in [-0.2, 0) is 6.42 Å². The van der Waals surface area contributed by atoms with E-state index < -0.39 is 0 Å². The average molecular weight is 280 g/mol. The number of benzene rings is 1. The maximum absolute atomic E-state index is 5.87. The second-order valence-electron chi connectivity index (χ2n) is 4.63. The van der Waals surface area contributed by atoms with Gasteiger partial charge in [0.05, 0.1) is 0 Å². The van der Waals surface area contributed by atoms with E-state index in [1.807, 2.05) is 6.07 Å². The number of aryl methyl sites for hydroxylation is 1. The zero-order chi connectivity index (χ0) is 13.7. The smallest absolute Gasteiger partial charge is 0.315 e. The molecule has 2 aromatic rings. The molecule has 1 N–H and O–H groups in total. The molecule has 0 amide bonds. The number of anilines is 1. The van der Waals surface area contributed by atoms with Crippen LogP contribution in [0.4, 0.5) is 6.01 Å². The highest BCUT2D eigenvalue weighted by molar-refractivity contribution is 6.20. The summed E-state index contributed by atoms with van der Waals surface area (Å²) in [7, 11) is 0. The molecule has 0 aliphatic heterocycles. The van der Waals surface area contributed by atoms with Gasteiger partial charge in [-0.25, -0.2) is 0 Å². The summed E-state index contributed by atoms with van der Waals surface area (Å²) >= 11 is 5.87. The van der Waals surface area contributed by atoms with E-state index in [2.05, 4.69) is 46.7 Å². The van der Waals surface area contributed by atoms with Crippen molar-refractivity contribution in [3.63, 3.8) is 0 Å². The Labute approximate surface area is 118 Å². The molecule has 0 saturated carbocycles. The number of nitrogens with zero attached hydrogens (tertiary/aromatic N) is 2. The van der Waals surface area contributed by atoms with Crippen molar-refractivity contribution in [2.45, 2.75) is 38.1 Å². The Morgan fingerprint density at radius 2 is 1.95 bits per heavy atom. The number of hydrogen-bond acceptors (Lipinski definition) is 4. The Morgan fingerprint density at radius 1 is 1.21 bits per heavy atom. The highest BCUT2D eigenvalue weighted by Gasteiger charge is 2.12. The minimum absolute atomic E-state index is 0.261. The van der Waals surface area contributed by atoms with E-state index in [-0.39, 0.29) is 11.4 Å². The lowest BCUT2D eigenvalue weighted by atomic mass is 10.1. The molecular weight excluding hydrogens is 262 g/mol. The van der Waals surface area contributed by atoms with Gasteiger partial charge in [0.2, 0.25) is 5.89 Å². The van der Waals surface area contributed by atoms with Gasteiger partial charge in [0, 0.05) is 6.04 Å². The third-order valence-corrected chi connectivity index (χ3v) is 3.05. The second-order valence-corrected chi connectivity index (χ2v) is 5.29. The number of rotatable bonds is 6. The van der Waals surface area contributed by atoms with E-state index in [0.717, 1.165) is 12.8 Å². The number of nitrogens with one attached hydrogen (secondary N) is 1. The van der Waals surface area contributed by atoms with Crippen molar-refractivity contribution in [1.29, 1.82) is 0 Å². The number of hydrogen-bond donors (Lipinski definition) is 1. The lowest BCUT2D eigenvalue weighted by molar-refractivity contribution is 0.498. The molecule has 1 aromatic carbocycles. The molecule has 2 atom stereocenters. The van der Waals surface area contributed by atoms with Crippen LogP contribution in [0.3, 0.4) is 0 Å². The Kier molecular flexibility index (Phi) is 4.80. The first-order chi connectivity index (χ1) is 9.15. The van der Waals surface area contributed by atoms with Crippen molar-refractivity contribution in [1.82, 2.24) is 10.2 Å². The van der Waals surface area contributed by atoms with Gasteiger partial charge in [-0.15, -0.1) is 16.7 Å². The van der Waals surface area contributed by atoms with Gasteiger partial charge in [-0.2, -0.15) is 0 Å². The fourth-order valence-corrected chi connectivity index (χ4v) is 1.85. The van der Waals surface area contributed by atoms with Gasteiger partial charge >= 0.3 is 6.01 Å². The van der Waals surface area contributed by atoms with E-state index in [9.17, 15) is 0 Å². The summed E-state index contributed by atoms with van der Waals surface area (Å²) in [4.78, 5) is 0. The van der Waals surface area contributed by atoms with Crippen molar-refractivity contribution in [2.24, 2.45) is 0 Å². The summed E-state index contributed by atoms with van der Waals surface area (Å²) in [5.74, 6) is 0.444. The first-order valence-electron chi connectivity index (χ1n) is 6.43. The zero-order valence-electron chi connectivity index (χ0n) is 11.1. The molecule has 2 rings (SSSR count). The van der Waals surface area contributed by atoms with Gasteiger partial charge in [-0.1, -0.05) is 35.4 Å². The van der Waals surface area contributed by atoms with E-state index >= 15 is 0 Å². The van der Waals surface area contributed by atoms with Gasteiger partial charge < -0.3 is 9.73 Å². The lowest BCUT2D eigenvalue weighted by Crippen LogP contribution is -2.16. The molecule has 4 nitrogen and oxygen atoms in total. The number of aromatic nitrogens is 2. The SMILES string of the molecule is CC(CCc1ccccc1)Nc1nnc(C(C)Cl)o1. The quantitative estimate of drug-likeness (QED) is 0.817. The fourth-order valence-electron chi connectivity index (χ4n) is 1.76. The molecule has 5 heteroatoms. The highest BCUT2D eigenvalue weighted by Crippen LogP contribution is 2.20. The number of alkyl halides is 1. The molecule has 0 fully saturated rings. The standard InChI is InChI=1S/C14H18ClN3O/c1-10(8-9-12-6-4-3-5-7-12)16-14-18-17-13(19-14)11(2)15/h3-7,10-11H,8-9H2,1-2H3,(H,16,18). The van der Waals surface area contributed by atoms with Crippen LogP contribution in [0.5, 0.6) is 0 Å². The Bertz CT molecular complexity index is 498. The molecular formula is C14H18ClN3O. The van der Waals surface area contributed by atoms with E-state index in [1.165, 1.54) is 5.56 Å². The highest BCUT2D eigenvalue weighted by atomic mass is 35.5. The topological polar surface area (TPSA) is 51.0 Å². The molecule has 0 radical (unpaired) electrons. The maximum atomic E-state index is 5.87. The predicted octanol–water partition coefficient (Wildman–Crippen LogP) is 3.80. The molecule has 1 aromatic heterocycles. The molecule has 0 spiro atoms. The predicted molar refractivity (Wildman–Crippen MR) is 76.4 cm³/mol. The minimum Gasteiger partial charge on any atom is -0.406 e. The Hall–Kier alpha value is -1.55. The van der Waals surface area contributed by atoms with Gasteiger partial charge in [-0.05, 0) is 32.3 Å². The lowest BCUT2D eigenvalue weighted by Gasteiger charge is -2.11. The van der Waals surface area contributed by atoms with Gasteiger partial charge in [0.25, 0.3) is 0 Å². The summed E-state index contributed by atoms with van der Waals surface area (Å²) in [5, 5.41) is 10.7. The third kappa shape index (κ3) is 4.24. The molecule has 0 aliphatic rings. The Morgan fingerprint density at radius 3 is 2.58 bits per heavy atom. The van der Waals surface area contributed by atoms with Crippen molar-refractivity contribution < 1.29 is 4.42 Å². The summed E-state index contributed by atoms with van der Waals surface area (Å²) in [5.41, 5.74) is 1.33. The maximum Gasteiger partial charge on any atom is 0.315 e. The molecule has 1 heterocycles. The molecule has 2 unspecified atom stereocenters. The van der Waals surface area contributed by atoms with Crippen LogP contribution in [0, 0.1) is 0 Å². The fraction of sp³-hybridized carbons (Fsp3) is 0.429. The zero-order valence-corrected chi connectivity index (χ0v) is 11.9. The first-order valence-corrected chi connectivity index (χ1v) is 6.86. The van der Waals surface area contributed by atoms with E-state index in [1.54, 1.807) is 6.92 Å². The van der Waals surface area contributed by atoms with Crippen LogP contribution >= 0.6 is 11.6 Å². The van der Waals surface area contributed by atoms with Crippen molar-refractivity contribution in [3.8, 4) is 0 Å². The van der Waals surface area contributed by atoms with Crippen molar-refractivity contribution in [3.05, 3.63) is 41.8 Å². The van der Waals surface area contributed by atoms with Gasteiger partial charge in [-0.3, -0.25) is 0 Å². The summed E-state index contributed by atoms with van der Waals surface area (Å²) < 4.78 is 5.40. The molecule has 102 valence electrons. The minimum atomic E-state index is -0.261. The molecule has 0 saturated heterocycles. The van der Waals surface area contributed by atoms with Crippen molar-refractivity contribution >= 4 is 17.6 Å². The average Bonchev–Trinajstić information content (AvgIpc) is 2.86. The monoisotopic (exact) mass is 279 g/mol. The third-order valence-electron chi connectivity index (χ3n) is 2.86. The summed E-state index contributed by atoms with van der Waals surface area (Å²) in [6.07, 6.45) is 2.01. The van der Waals surface area contributed by atoms with E-state index in [0.29, 0.717) is 11.9 Å². The summed E-state index contributed by atoms with van der Waals surface area (Å²) in [6.45, 7) is 3.90. The van der Waals surface area contributed by atoms with Crippen LogP contribution in [0.15, 0.2) is 34.7 Å². The van der Waals surface area contributed by atoms with Crippen molar-refractivity contribution in [2.75, 3.05) is 5.32 Å². The van der Waals surface area contributed by atoms with Crippen LogP contribution in [0.25, 0.3) is 0 Å². The Balaban J connectivity index is 1.82. The van der Waals surface area contributed by atoms with E-state index in [4.69, 9.17) is 16.0 Å². The van der Waals surface area contributed by atoms with Crippen LogP contribution in [0.1, 0.15) is 37.1 Å². The first kappa shape index (κ1) is 13.9. The largest absolute Gasteiger partial charge is 0.406 e.